The number of rotatable bonds is 4. The van der Waals surface area contributed by atoms with Gasteiger partial charge in [0, 0.05) is 11.1 Å². The van der Waals surface area contributed by atoms with Gasteiger partial charge in [-0.1, -0.05) is 59.4 Å². The number of hydrogen-bond acceptors (Lipinski definition) is 4. The molecule has 4 nitrogen and oxygen atoms in total. The van der Waals surface area contributed by atoms with E-state index in [1.165, 1.54) is 11.3 Å². The summed E-state index contributed by atoms with van der Waals surface area (Å²) in [6, 6.07) is 21.5. The molecule has 1 aromatic heterocycles. The van der Waals surface area contributed by atoms with Crippen LogP contribution in [-0.2, 0) is 0 Å². The Balaban J connectivity index is 1.74. The fourth-order valence-electron chi connectivity index (χ4n) is 2.92. The summed E-state index contributed by atoms with van der Waals surface area (Å²) in [7, 11) is 1.63. The maximum absolute atomic E-state index is 12.5. The summed E-state index contributed by atoms with van der Waals surface area (Å²) in [6.07, 6.45) is 0. The highest BCUT2D eigenvalue weighted by Crippen LogP contribution is 2.39. The third kappa shape index (κ3) is 3.41. The van der Waals surface area contributed by atoms with Crippen molar-refractivity contribution in [3.8, 4) is 16.9 Å². The molecule has 4 rings (SSSR count). The number of ether oxygens (including phenoxy) is 1. The topological polar surface area (TPSA) is 51.2 Å². The van der Waals surface area contributed by atoms with Gasteiger partial charge in [0.25, 0.3) is 5.91 Å². The SMILES string of the molecule is COc1ccc(-c2ccccc2)c2sc(NC(=O)c3ccc(C)cc3)nc12. The van der Waals surface area contributed by atoms with E-state index >= 15 is 0 Å². The van der Waals surface area contributed by atoms with Crippen LogP contribution >= 0.6 is 11.3 Å². The molecule has 1 N–H and O–H groups in total. The molecule has 4 aromatic rings. The number of benzene rings is 3. The first kappa shape index (κ1) is 17.2. The molecule has 0 aliphatic carbocycles. The molecule has 5 heteroatoms. The van der Waals surface area contributed by atoms with E-state index in [1.54, 1.807) is 7.11 Å². The van der Waals surface area contributed by atoms with Gasteiger partial charge in [0.1, 0.15) is 11.3 Å². The lowest BCUT2D eigenvalue weighted by Crippen LogP contribution is -2.11. The third-order valence-corrected chi connectivity index (χ3v) is 5.35. The Morgan fingerprint density at radius 2 is 1.74 bits per heavy atom. The van der Waals surface area contributed by atoms with Crippen molar-refractivity contribution in [2.45, 2.75) is 6.92 Å². The van der Waals surface area contributed by atoms with Gasteiger partial charge in [-0.2, -0.15) is 0 Å². The number of carbonyl (C=O) groups is 1. The fourth-order valence-corrected chi connectivity index (χ4v) is 3.93. The lowest BCUT2D eigenvalue weighted by atomic mass is 10.1. The largest absolute Gasteiger partial charge is 0.494 e. The molecule has 134 valence electrons. The number of aromatic nitrogens is 1. The summed E-state index contributed by atoms with van der Waals surface area (Å²) in [5, 5.41) is 3.46. The summed E-state index contributed by atoms with van der Waals surface area (Å²) >= 11 is 1.45. The van der Waals surface area contributed by atoms with Crippen molar-refractivity contribution in [3.63, 3.8) is 0 Å². The second-order valence-electron chi connectivity index (χ2n) is 6.20. The Morgan fingerprint density at radius 1 is 1.00 bits per heavy atom. The van der Waals surface area contributed by atoms with E-state index in [1.807, 2.05) is 61.5 Å². The number of nitrogens with one attached hydrogen (secondary N) is 1. The molecule has 0 radical (unpaired) electrons. The smallest absolute Gasteiger partial charge is 0.257 e. The zero-order valence-electron chi connectivity index (χ0n) is 15.0. The Bertz CT molecular complexity index is 1100. The maximum atomic E-state index is 12.5. The standard InChI is InChI=1S/C22H18N2O2S/c1-14-8-10-16(11-9-14)21(25)24-22-23-19-18(26-2)13-12-17(20(19)27-22)15-6-4-3-5-7-15/h3-13H,1-2H3,(H,23,24,25). The monoisotopic (exact) mass is 374 g/mol. The molecule has 1 heterocycles. The van der Waals surface area contributed by atoms with E-state index in [2.05, 4.69) is 22.4 Å². The van der Waals surface area contributed by atoms with Crippen LogP contribution in [0, 0.1) is 6.92 Å². The van der Waals surface area contributed by atoms with Crippen molar-refractivity contribution in [3.05, 3.63) is 77.9 Å². The van der Waals surface area contributed by atoms with Crippen LogP contribution in [0.25, 0.3) is 21.3 Å². The molecular formula is C22H18N2O2S. The molecule has 0 atom stereocenters. The number of hydrogen-bond donors (Lipinski definition) is 1. The van der Waals surface area contributed by atoms with Crippen LogP contribution in [0.5, 0.6) is 5.75 Å². The molecule has 0 aliphatic heterocycles. The molecule has 1 amide bonds. The van der Waals surface area contributed by atoms with Gasteiger partial charge in [-0.15, -0.1) is 0 Å². The molecular weight excluding hydrogens is 356 g/mol. The highest BCUT2D eigenvalue weighted by atomic mass is 32.1. The molecule has 0 bridgehead atoms. The Hall–Kier alpha value is -3.18. The van der Waals surface area contributed by atoms with Crippen molar-refractivity contribution in [1.29, 1.82) is 0 Å². The van der Waals surface area contributed by atoms with Gasteiger partial charge in [0.05, 0.1) is 11.8 Å². The number of carbonyl (C=O) groups excluding carboxylic acids is 1. The molecule has 0 unspecified atom stereocenters. The van der Waals surface area contributed by atoms with Gasteiger partial charge in [0.2, 0.25) is 0 Å². The quantitative estimate of drug-likeness (QED) is 0.511. The van der Waals surface area contributed by atoms with Crippen molar-refractivity contribution in [2.24, 2.45) is 0 Å². The van der Waals surface area contributed by atoms with Crippen molar-refractivity contribution in [2.75, 3.05) is 12.4 Å². The minimum atomic E-state index is -0.172. The number of nitrogens with zero attached hydrogens (tertiary/aromatic N) is 1. The Kier molecular flexibility index (Phi) is 4.60. The fraction of sp³-hybridized carbons (Fsp3) is 0.0909. The number of amides is 1. The normalized spacial score (nSPS) is 10.7. The predicted octanol–water partition coefficient (Wildman–Crippen LogP) is 5.53. The van der Waals surface area contributed by atoms with Gasteiger partial charge >= 0.3 is 0 Å². The van der Waals surface area contributed by atoms with E-state index < -0.39 is 0 Å². The predicted molar refractivity (Wildman–Crippen MR) is 111 cm³/mol. The molecule has 3 aromatic carbocycles. The van der Waals surface area contributed by atoms with Gasteiger partial charge in [-0.3, -0.25) is 10.1 Å². The summed E-state index contributed by atoms with van der Waals surface area (Å²) in [5.74, 6) is 0.519. The summed E-state index contributed by atoms with van der Waals surface area (Å²) < 4.78 is 6.45. The molecule has 0 saturated heterocycles. The molecule has 0 saturated carbocycles. The van der Waals surface area contributed by atoms with Gasteiger partial charge in [-0.25, -0.2) is 4.98 Å². The average Bonchev–Trinajstić information content (AvgIpc) is 3.11. The van der Waals surface area contributed by atoms with Crippen LogP contribution in [0.2, 0.25) is 0 Å². The number of aryl methyl sites for hydroxylation is 1. The second kappa shape index (κ2) is 7.21. The number of methoxy groups -OCH3 is 1. The van der Waals surface area contributed by atoms with Crippen LogP contribution in [0.1, 0.15) is 15.9 Å². The highest BCUT2D eigenvalue weighted by molar-refractivity contribution is 7.23. The minimum absolute atomic E-state index is 0.172. The van der Waals surface area contributed by atoms with Crippen LogP contribution in [-0.4, -0.2) is 18.0 Å². The van der Waals surface area contributed by atoms with Crippen LogP contribution in [0.3, 0.4) is 0 Å². The maximum Gasteiger partial charge on any atom is 0.257 e. The molecule has 0 spiro atoms. The highest BCUT2D eigenvalue weighted by Gasteiger charge is 2.16. The Morgan fingerprint density at radius 3 is 2.44 bits per heavy atom. The first-order valence-electron chi connectivity index (χ1n) is 8.56. The first-order valence-corrected chi connectivity index (χ1v) is 9.38. The number of anilines is 1. The van der Waals surface area contributed by atoms with Crippen molar-refractivity contribution < 1.29 is 9.53 Å². The summed E-state index contributed by atoms with van der Waals surface area (Å²) in [4.78, 5) is 17.2. The molecule has 0 fully saturated rings. The van der Waals surface area contributed by atoms with Crippen molar-refractivity contribution in [1.82, 2.24) is 4.98 Å². The number of thiazole rings is 1. The third-order valence-electron chi connectivity index (χ3n) is 4.35. The van der Waals surface area contributed by atoms with Gasteiger partial charge in [0.15, 0.2) is 5.13 Å². The zero-order valence-corrected chi connectivity index (χ0v) is 15.8. The van der Waals surface area contributed by atoms with Crippen LogP contribution in [0.4, 0.5) is 5.13 Å². The molecule has 27 heavy (non-hydrogen) atoms. The zero-order chi connectivity index (χ0) is 18.8. The lowest BCUT2D eigenvalue weighted by molar-refractivity contribution is 0.102. The van der Waals surface area contributed by atoms with Crippen molar-refractivity contribution >= 4 is 32.6 Å². The van der Waals surface area contributed by atoms with Gasteiger partial charge in [-0.05, 0) is 36.8 Å². The van der Waals surface area contributed by atoms with E-state index in [0.29, 0.717) is 16.4 Å². The average molecular weight is 374 g/mol. The lowest BCUT2D eigenvalue weighted by Gasteiger charge is -2.05. The second-order valence-corrected chi connectivity index (χ2v) is 7.20. The summed E-state index contributed by atoms with van der Waals surface area (Å²) in [6.45, 7) is 1.99. The van der Waals surface area contributed by atoms with Crippen LogP contribution in [0.15, 0.2) is 66.7 Å². The van der Waals surface area contributed by atoms with E-state index in [-0.39, 0.29) is 5.91 Å². The van der Waals surface area contributed by atoms with E-state index in [9.17, 15) is 4.79 Å². The van der Waals surface area contributed by atoms with Crippen LogP contribution < -0.4 is 10.1 Å². The Labute approximate surface area is 161 Å². The first-order chi connectivity index (χ1) is 13.2. The summed E-state index contributed by atoms with van der Waals surface area (Å²) in [5.41, 5.74) is 4.65. The minimum Gasteiger partial charge on any atom is -0.494 e. The van der Waals surface area contributed by atoms with E-state index in [0.717, 1.165) is 26.9 Å². The van der Waals surface area contributed by atoms with E-state index in [4.69, 9.17) is 4.74 Å². The molecule has 0 aliphatic rings. The van der Waals surface area contributed by atoms with Gasteiger partial charge < -0.3 is 4.74 Å². The number of fused-ring (bicyclic) bond motifs is 1.